The topological polar surface area (TPSA) is 36.4 Å². The molecule has 0 aliphatic carbocycles. The Bertz CT molecular complexity index is 971. The van der Waals surface area contributed by atoms with Crippen molar-refractivity contribution < 1.29 is 4.79 Å². The van der Waals surface area contributed by atoms with Crippen LogP contribution >= 0.6 is 22.9 Å². The predicted octanol–water partition coefficient (Wildman–Crippen LogP) is 5.39. The highest BCUT2D eigenvalue weighted by Gasteiger charge is 2.32. The first kappa shape index (κ1) is 22.0. The number of hydrogen-bond donors (Lipinski definition) is 0. The molecule has 1 fully saturated rings. The van der Waals surface area contributed by atoms with Crippen LogP contribution in [0, 0.1) is 5.92 Å². The van der Waals surface area contributed by atoms with Gasteiger partial charge in [0.1, 0.15) is 4.88 Å². The summed E-state index contributed by atoms with van der Waals surface area (Å²) in [6.07, 6.45) is 6.74. The molecule has 1 aliphatic rings. The summed E-state index contributed by atoms with van der Waals surface area (Å²) in [6.45, 7) is 2.46. The third-order valence-electron chi connectivity index (χ3n) is 6.22. The van der Waals surface area contributed by atoms with Gasteiger partial charge in [0.25, 0.3) is 5.91 Å². The van der Waals surface area contributed by atoms with Crippen molar-refractivity contribution >= 4 is 28.8 Å². The Balaban J connectivity index is 1.45. The van der Waals surface area contributed by atoms with E-state index in [9.17, 15) is 4.79 Å². The Morgan fingerprint density at radius 1 is 1.13 bits per heavy atom. The normalized spacial score (nSPS) is 15.9. The van der Waals surface area contributed by atoms with E-state index in [1.54, 1.807) is 6.07 Å². The molecule has 0 radical (unpaired) electrons. The van der Waals surface area contributed by atoms with Crippen molar-refractivity contribution in [2.75, 3.05) is 20.1 Å². The van der Waals surface area contributed by atoms with Crippen molar-refractivity contribution in [3.63, 3.8) is 0 Å². The van der Waals surface area contributed by atoms with E-state index in [1.165, 1.54) is 22.5 Å². The number of benzene rings is 1. The quantitative estimate of drug-likeness (QED) is 0.481. The average molecular weight is 454 g/mol. The summed E-state index contributed by atoms with van der Waals surface area (Å²) in [5, 5.41) is 2.45. The summed E-state index contributed by atoms with van der Waals surface area (Å²) in [7, 11) is 2.22. The van der Waals surface area contributed by atoms with Crippen molar-refractivity contribution in [1.29, 1.82) is 0 Å². The summed E-state index contributed by atoms with van der Waals surface area (Å²) in [5.41, 5.74) is 2.63. The minimum atomic E-state index is 0.0724. The Morgan fingerprint density at radius 2 is 1.84 bits per heavy atom. The van der Waals surface area contributed by atoms with E-state index >= 15 is 0 Å². The molecule has 162 valence electrons. The number of hydrogen-bond acceptors (Lipinski definition) is 4. The molecule has 1 saturated heterocycles. The maximum atomic E-state index is 12.9. The lowest BCUT2D eigenvalue weighted by Crippen LogP contribution is -2.46. The number of likely N-dealkylation sites (tertiary alicyclic amines) is 1. The molecule has 0 saturated carbocycles. The fraction of sp³-hybridized carbons (Fsp3) is 0.360. The minimum absolute atomic E-state index is 0.0724. The van der Waals surface area contributed by atoms with Gasteiger partial charge in [-0.1, -0.05) is 41.9 Å². The summed E-state index contributed by atoms with van der Waals surface area (Å²) in [5.74, 6) is 0.609. The second-order valence-electron chi connectivity index (χ2n) is 8.25. The summed E-state index contributed by atoms with van der Waals surface area (Å²) in [6, 6.07) is 17.1. The number of amides is 1. The Hall–Kier alpha value is -2.21. The second-order valence-corrected chi connectivity index (χ2v) is 9.58. The van der Waals surface area contributed by atoms with Gasteiger partial charge in [-0.25, -0.2) is 0 Å². The van der Waals surface area contributed by atoms with E-state index in [-0.39, 0.29) is 5.91 Å². The smallest absolute Gasteiger partial charge is 0.265 e. The molecule has 31 heavy (non-hydrogen) atoms. The SMILES string of the molecule is CN(Cc1ccncc1)C(Cc1ccccc1)C1CCN(C(=O)c2sccc2Cl)CC1. The molecule has 0 bridgehead atoms. The number of pyridine rings is 1. The van der Waals surface area contributed by atoms with Crippen molar-refractivity contribution in [2.24, 2.45) is 5.92 Å². The highest BCUT2D eigenvalue weighted by atomic mass is 35.5. The number of carbonyl (C=O) groups is 1. The molecule has 0 N–H and O–H groups in total. The molecule has 4 rings (SSSR count). The van der Waals surface area contributed by atoms with Gasteiger partial charge < -0.3 is 4.90 Å². The lowest BCUT2D eigenvalue weighted by atomic mass is 9.84. The molecule has 0 spiro atoms. The van der Waals surface area contributed by atoms with Crippen LogP contribution in [0.25, 0.3) is 0 Å². The second kappa shape index (κ2) is 10.4. The Kier molecular flexibility index (Phi) is 7.38. The molecule has 1 atom stereocenters. The van der Waals surface area contributed by atoms with E-state index in [1.807, 2.05) is 22.7 Å². The number of halogens is 1. The summed E-state index contributed by atoms with van der Waals surface area (Å²) < 4.78 is 0. The van der Waals surface area contributed by atoms with Crippen LogP contribution in [-0.2, 0) is 13.0 Å². The maximum Gasteiger partial charge on any atom is 0.265 e. The molecule has 1 amide bonds. The van der Waals surface area contributed by atoms with Crippen LogP contribution in [0.15, 0.2) is 66.3 Å². The van der Waals surface area contributed by atoms with E-state index < -0.39 is 0 Å². The predicted molar refractivity (Wildman–Crippen MR) is 128 cm³/mol. The van der Waals surface area contributed by atoms with Gasteiger partial charge in [0, 0.05) is 38.1 Å². The molecule has 1 unspecified atom stereocenters. The monoisotopic (exact) mass is 453 g/mol. The van der Waals surface area contributed by atoms with Gasteiger partial charge in [-0.15, -0.1) is 11.3 Å². The molecule has 6 heteroatoms. The standard InChI is InChI=1S/C25H28ClN3OS/c1-28(18-20-7-12-27-13-8-20)23(17-19-5-3-2-4-6-19)21-9-14-29(15-10-21)25(30)24-22(26)11-16-31-24/h2-8,11-13,16,21,23H,9-10,14-15,17-18H2,1H3. The Labute approximate surface area is 193 Å². The zero-order chi connectivity index (χ0) is 21.6. The number of piperidine rings is 1. The van der Waals surface area contributed by atoms with E-state index in [0.717, 1.165) is 38.9 Å². The van der Waals surface area contributed by atoms with Gasteiger partial charge in [0.15, 0.2) is 0 Å². The zero-order valence-electron chi connectivity index (χ0n) is 17.8. The fourth-order valence-corrected chi connectivity index (χ4v) is 5.61. The minimum Gasteiger partial charge on any atom is -0.338 e. The van der Waals surface area contributed by atoms with E-state index in [4.69, 9.17) is 11.6 Å². The Morgan fingerprint density at radius 3 is 2.48 bits per heavy atom. The number of likely N-dealkylation sites (N-methyl/N-ethyl adjacent to an activating group) is 1. The molecular formula is C25H28ClN3OS. The van der Waals surface area contributed by atoms with E-state index in [2.05, 4.69) is 59.4 Å². The van der Waals surface area contributed by atoms with Crippen LogP contribution in [-0.4, -0.2) is 46.9 Å². The number of nitrogens with zero attached hydrogens (tertiary/aromatic N) is 3. The van der Waals surface area contributed by atoms with Crippen LogP contribution in [0.1, 0.15) is 33.6 Å². The lowest BCUT2D eigenvalue weighted by molar-refractivity contribution is 0.0607. The summed E-state index contributed by atoms with van der Waals surface area (Å²) in [4.78, 5) is 22.1. The summed E-state index contributed by atoms with van der Waals surface area (Å²) >= 11 is 7.62. The molecule has 2 aromatic heterocycles. The van der Waals surface area contributed by atoms with Gasteiger partial charge in [0.2, 0.25) is 0 Å². The largest absolute Gasteiger partial charge is 0.338 e. The number of rotatable bonds is 7. The van der Waals surface area contributed by atoms with Crippen LogP contribution in [0.2, 0.25) is 5.02 Å². The van der Waals surface area contributed by atoms with Gasteiger partial charge in [-0.3, -0.25) is 14.7 Å². The number of aromatic nitrogens is 1. The van der Waals surface area contributed by atoms with Gasteiger partial charge >= 0.3 is 0 Å². The van der Waals surface area contributed by atoms with E-state index in [0.29, 0.717) is 21.9 Å². The van der Waals surface area contributed by atoms with Gasteiger partial charge in [0.05, 0.1) is 5.02 Å². The van der Waals surface area contributed by atoms with Crippen LogP contribution in [0.4, 0.5) is 0 Å². The van der Waals surface area contributed by atoms with Gasteiger partial charge in [-0.05, 0) is 66.9 Å². The van der Waals surface area contributed by atoms with Crippen molar-refractivity contribution in [1.82, 2.24) is 14.8 Å². The fourth-order valence-electron chi connectivity index (χ4n) is 4.51. The van der Waals surface area contributed by atoms with Gasteiger partial charge in [-0.2, -0.15) is 0 Å². The first-order chi connectivity index (χ1) is 15.1. The number of thiophene rings is 1. The van der Waals surface area contributed by atoms with Crippen LogP contribution in [0.5, 0.6) is 0 Å². The van der Waals surface area contributed by atoms with Crippen molar-refractivity contribution in [3.8, 4) is 0 Å². The highest BCUT2D eigenvalue weighted by molar-refractivity contribution is 7.12. The lowest BCUT2D eigenvalue weighted by Gasteiger charge is -2.40. The average Bonchev–Trinajstić information content (AvgIpc) is 3.24. The third kappa shape index (κ3) is 5.53. The molecule has 3 heterocycles. The van der Waals surface area contributed by atoms with Crippen LogP contribution < -0.4 is 0 Å². The molecule has 3 aromatic rings. The molecule has 1 aromatic carbocycles. The first-order valence-corrected chi connectivity index (χ1v) is 12.0. The molecule has 4 nitrogen and oxygen atoms in total. The maximum absolute atomic E-state index is 12.9. The highest BCUT2D eigenvalue weighted by Crippen LogP contribution is 2.30. The van der Waals surface area contributed by atoms with Crippen molar-refractivity contribution in [3.05, 3.63) is 87.3 Å². The molecule has 1 aliphatic heterocycles. The third-order valence-corrected chi connectivity index (χ3v) is 7.55. The zero-order valence-corrected chi connectivity index (χ0v) is 19.4. The van der Waals surface area contributed by atoms with Crippen molar-refractivity contribution in [2.45, 2.75) is 31.8 Å². The number of carbonyl (C=O) groups excluding carboxylic acids is 1. The first-order valence-electron chi connectivity index (χ1n) is 10.8. The van der Waals surface area contributed by atoms with Crippen LogP contribution in [0.3, 0.4) is 0 Å². The molecular weight excluding hydrogens is 426 g/mol.